The van der Waals surface area contributed by atoms with E-state index in [4.69, 9.17) is 11.6 Å². The zero-order chi connectivity index (χ0) is 18.5. The lowest BCUT2D eigenvalue weighted by Crippen LogP contribution is -2.33. The van der Waals surface area contributed by atoms with Crippen LogP contribution in [0.5, 0.6) is 0 Å². The molecule has 0 unspecified atom stereocenters. The fraction of sp³-hybridized carbons (Fsp3) is 0.0526. The van der Waals surface area contributed by atoms with Crippen molar-refractivity contribution in [3.05, 3.63) is 78.4 Å². The smallest absolute Gasteiger partial charge is 0.170 e. The number of amidine groups is 1. The van der Waals surface area contributed by atoms with Crippen molar-refractivity contribution in [1.29, 1.82) is 0 Å². The molecule has 0 radical (unpaired) electrons. The normalized spacial score (nSPS) is 11.2. The Balaban J connectivity index is 2.01. The van der Waals surface area contributed by atoms with Crippen LogP contribution < -0.4 is 17.0 Å². The monoisotopic (exact) mass is 345 g/mol. The lowest BCUT2D eigenvalue weighted by Gasteiger charge is -2.10. The van der Waals surface area contributed by atoms with Crippen molar-refractivity contribution in [2.24, 2.45) is 10.8 Å². The number of hydrazine groups is 1. The number of pyridine rings is 1. The van der Waals surface area contributed by atoms with Crippen LogP contribution in [0.2, 0.25) is 0 Å². The number of nitrogens with two attached hydrogens (primary N) is 2. The Morgan fingerprint density at radius 2 is 2.04 bits per heavy atom. The molecule has 0 saturated carbocycles. The van der Waals surface area contributed by atoms with E-state index in [2.05, 4.69) is 31.9 Å². The molecule has 26 heavy (non-hydrogen) atoms. The summed E-state index contributed by atoms with van der Waals surface area (Å²) in [6, 6.07) is 11.6. The topological polar surface area (TPSA) is 115 Å². The SMILES string of the molecule is C=C(N=C(NN)c1nc(-c2cccnc2)cnc1N)c1cccc(C)c1. The first-order valence-corrected chi connectivity index (χ1v) is 7.93. The summed E-state index contributed by atoms with van der Waals surface area (Å²) in [7, 11) is 0. The van der Waals surface area contributed by atoms with E-state index in [-0.39, 0.29) is 11.7 Å². The van der Waals surface area contributed by atoms with Crippen LogP contribution in [0.15, 0.2) is 66.6 Å². The Hall–Kier alpha value is -3.58. The number of aromatic nitrogens is 3. The minimum Gasteiger partial charge on any atom is -0.382 e. The summed E-state index contributed by atoms with van der Waals surface area (Å²) in [5.41, 5.74) is 12.8. The molecule has 0 fully saturated rings. The number of rotatable bonds is 4. The molecule has 0 saturated heterocycles. The van der Waals surface area contributed by atoms with Gasteiger partial charge in [-0.1, -0.05) is 30.3 Å². The number of nitrogens with one attached hydrogen (secondary N) is 1. The molecule has 0 spiro atoms. The van der Waals surface area contributed by atoms with E-state index in [0.29, 0.717) is 17.1 Å². The molecule has 0 amide bonds. The van der Waals surface area contributed by atoms with Crippen LogP contribution >= 0.6 is 0 Å². The predicted molar refractivity (Wildman–Crippen MR) is 104 cm³/mol. The van der Waals surface area contributed by atoms with Crippen LogP contribution in [0, 0.1) is 6.92 Å². The van der Waals surface area contributed by atoms with Gasteiger partial charge in [-0.25, -0.2) is 20.8 Å². The van der Waals surface area contributed by atoms with Gasteiger partial charge < -0.3 is 11.2 Å². The van der Waals surface area contributed by atoms with Gasteiger partial charge in [-0.15, -0.1) is 0 Å². The number of nitrogens with zero attached hydrogens (tertiary/aromatic N) is 4. The third-order valence-electron chi connectivity index (χ3n) is 3.72. The molecule has 7 heteroatoms. The van der Waals surface area contributed by atoms with Crippen molar-refractivity contribution >= 4 is 17.4 Å². The van der Waals surface area contributed by atoms with Gasteiger partial charge in [0.05, 0.1) is 17.6 Å². The maximum Gasteiger partial charge on any atom is 0.170 e. The van der Waals surface area contributed by atoms with Gasteiger partial charge in [0.1, 0.15) is 5.69 Å². The average Bonchev–Trinajstić information content (AvgIpc) is 2.67. The summed E-state index contributed by atoms with van der Waals surface area (Å²) in [6.07, 6.45) is 4.97. The fourth-order valence-corrected chi connectivity index (χ4v) is 2.40. The molecule has 3 aromatic rings. The molecule has 0 atom stereocenters. The standard InChI is InChI=1S/C19H19N7/c1-12-5-3-6-14(9-12)13(2)24-19(26-21)17-18(20)23-11-16(25-17)15-7-4-8-22-10-15/h3-11H,2,21H2,1H3,(H2,20,23)(H,24,26). The summed E-state index contributed by atoms with van der Waals surface area (Å²) >= 11 is 0. The van der Waals surface area contributed by atoms with E-state index < -0.39 is 0 Å². The first-order chi connectivity index (χ1) is 12.6. The number of nitrogen functional groups attached to an aromatic ring is 1. The molecule has 0 bridgehead atoms. The van der Waals surface area contributed by atoms with Crippen molar-refractivity contribution in [1.82, 2.24) is 20.4 Å². The summed E-state index contributed by atoms with van der Waals surface area (Å²) in [5.74, 6) is 6.16. The second kappa shape index (κ2) is 7.54. The van der Waals surface area contributed by atoms with Crippen LogP contribution in [0.1, 0.15) is 16.8 Å². The van der Waals surface area contributed by atoms with Crippen LogP contribution in [0.4, 0.5) is 5.82 Å². The molecule has 7 nitrogen and oxygen atoms in total. The highest BCUT2D eigenvalue weighted by Crippen LogP contribution is 2.20. The minimum absolute atomic E-state index is 0.214. The second-order valence-corrected chi connectivity index (χ2v) is 5.65. The van der Waals surface area contributed by atoms with Gasteiger partial charge in [0.2, 0.25) is 0 Å². The fourth-order valence-electron chi connectivity index (χ4n) is 2.40. The molecule has 5 N–H and O–H groups in total. The summed E-state index contributed by atoms with van der Waals surface area (Å²) in [6.45, 7) is 6.01. The Morgan fingerprint density at radius 3 is 2.73 bits per heavy atom. The maximum atomic E-state index is 5.99. The third kappa shape index (κ3) is 3.73. The number of benzene rings is 1. The van der Waals surface area contributed by atoms with E-state index in [1.165, 1.54) is 0 Å². The predicted octanol–water partition coefficient (Wildman–Crippen LogP) is 2.31. The Kier molecular flexibility index (Phi) is 5.00. The first-order valence-electron chi connectivity index (χ1n) is 7.93. The minimum atomic E-state index is 0.214. The van der Waals surface area contributed by atoms with Crippen molar-refractivity contribution in [3.63, 3.8) is 0 Å². The number of anilines is 1. The molecule has 1 aromatic carbocycles. The van der Waals surface area contributed by atoms with Crippen LogP contribution in [-0.2, 0) is 0 Å². The van der Waals surface area contributed by atoms with E-state index in [9.17, 15) is 0 Å². The largest absolute Gasteiger partial charge is 0.382 e. The highest BCUT2D eigenvalue weighted by Gasteiger charge is 2.13. The summed E-state index contributed by atoms with van der Waals surface area (Å²) in [5, 5.41) is 0. The zero-order valence-corrected chi connectivity index (χ0v) is 14.3. The Labute approximate surface area is 151 Å². The molecule has 3 rings (SSSR count). The average molecular weight is 345 g/mol. The first kappa shape index (κ1) is 17.2. The van der Waals surface area contributed by atoms with Crippen LogP contribution in [0.3, 0.4) is 0 Å². The molecule has 0 aliphatic rings. The van der Waals surface area contributed by atoms with E-state index in [1.54, 1.807) is 18.6 Å². The van der Waals surface area contributed by atoms with Gasteiger partial charge in [0, 0.05) is 18.0 Å². The molecule has 130 valence electrons. The third-order valence-corrected chi connectivity index (χ3v) is 3.72. The number of hydrogen-bond donors (Lipinski definition) is 3. The van der Waals surface area contributed by atoms with Crippen LogP contribution in [-0.4, -0.2) is 20.8 Å². The van der Waals surface area contributed by atoms with Crippen molar-refractivity contribution in [2.75, 3.05) is 5.73 Å². The molecule has 2 heterocycles. The number of aliphatic imine (C=N–C) groups is 1. The Morgan fingerprint density at radius 1 is 1.19 bits per heavy atom. The van der Waals surface area contributed by atoms with Gasteiger partial charge in [-0.2, -0.15) is 0 Å². The zero-order valence-electron chi connectivity index (χ0n) is 14.3. The van der Waals surface area contributed by atoms with Gasteiger partial charge in [-0.3, -0.25) is 4.98 Å². The molecule has 2 aromatic heterocycles. The van der Waals surface area contributed by atoms with Gasteiger partial charge in [-0.05, 0) is 30.7 Å². The summed E-state index contributed by atoms with van der Waals surface area (Å²) < 4.78 is 0. The molecular formula is C19H19N7. The van der Waals surface area contributed by atoms with Crippen molar-refractivity contribution in [3.8, 4) is 11.3 Å². The van der Waals surface area contributed by atoms with E-state index >= 15 is 0 Å². The van der Waals surface area contributed by atoms with Gasteiger partial charge in [0.15, 0.2) is 11.7 Å². The second-order valence-electron chi connectivity index (χ2n) is 5.65. The molecule has 0 aliphatic carbocycles. The van der Waals surface area contributed by atoms with Crippen molar-refractivity contribution in [2.45, 2.75) is 6.92 Å². The highest BCUT2D eigenvalue weighted by molar-refractivity contribution is 6.03. The number of aryl methyl sites for hydroxylation is 1. The van der Waals surface area contributed by atoms with Crippen LogP contribution in [0.25, 0.3) is 17.0 Å². The lowest BCUT2D eigenvalue weighted by molar-refractivity contribution is 1.01. The molecule has 0 aliphatic heterocycles. The van der Waals surface area contributed by atoms with Gasteiger partial charge >= 0.3 is 0 Å². The Bertz CT molecular complexity index is 965. The number of hydrogen-bond acceptors (Lipinski definition) is 6. The van der Waals surface area contributed by atoms with E-state index in [0.717, 1.165) is 16.7 Å². The quantitative estimate of drug-likeness (QED) is 0.289. The summed E-state index contributed by atoms with van der Waals surface area (Å²) in [4.78, 5) is 17.3. The lowest BCUT2D eigenvalue weighted by atomic mass is 10.1. The van der Waals surface area contributed by atoms with E-state index in [1.807, 2.05) is 43.3 Å². The van der Waals surface area contributed by atoms with Crippen molar-refractivity contribution < 1.29 is 0 Å². The molecular weight excluding hydrogens is 326 g/mol. The maximum absolute atomic E-state index is 5.99. The highest BCUT2D eigenvalue weighted by atomic mass is 15.3. The van der Waals surface area contributed by atoms with Gasteiger partial charge in [0.25, 0.3) is 0 Å².